The molecule has 0 unspecified atom stereocenters. The van der Waals surface area contributed by atoms with E-state index < -0.39 is 0 Å². The standard InChI is InChI=1S/C22H28N6O3S2/c1-5-27(6-2)17-10-8-15(9-11-17)20-25-26-22(28(20)7-3)33-14-18(29)24-21-23-16(13-32-21)12-19(30)31-4/h8-11,13H,5-7,12,14H2,1-4H3,(H,23,24,29). The molecular formula is C22H28N6O3S2. The largest absolute Gasteiger partial charge is 0.469 e. The maximum atomic E-state index is 12.4. The van der Waals surface area contributed by atoms with E-state index in [1.165, 1.54) is 35.9 Å². The van der Waals surface area contributed by atoms with E-state index >= 15 is 0 Å². The van der Waals surface area contributed by atoms with Crippen LogP contribution in [0.25, 0.3) is 11.4 Å². The predicted octanol–water partition coefficient (Wildman–Crippen LogP) is 3.71. The molecule has 11 heteroatoms. The molecule has 0 spiro atoms. The molecule has 176 valence electrons. The number of amides is 1. The number of nitrogens with zero attached hydrogens (tertiary/aromatic N) is 5. The second kappa shape index (κ2) is 11.8. The van der Waals surface area contributed by atoms with Crippen molar-refractivity contribution in [2.75, 3.05) is 36.2 Å². The molecule has 2 aromatic heterocycles. The van der Waals surface area contributed by atoms with Crippen molar-refractivity contribution >= 4 is 45.8 Å². The van der Waals surface area contributed by atoms with Crippen molar-refractivity contribution < 1.29 is 14.3 Å². The predicted molar refractivity (Wildman–Crippen MR) is 132 cm³/mol. The van der Waals surface area contributed by atoms with Gasteiger partial charge in [-0.3, -0.25) is 9.59 Å². The van der Waals surface area contributed by atoms with Crippen molar-refractivity contribution in [3.8, 4) is 11.4 Å². The molecule has 2 heterocycles. The van der Waals surface area contributed by atoms with E-state index in [2.05, 4.69) is 68.2 Å². The summed E-state index contributed by atoms with van der Waals surface area (Å²) in [6, 6.07) is 8.30. The van der Waals surface area contributed by atoms with E-state index in [-0.39, 0.29) is 24.1 Å². The Bertz CT molecular complexity index is 1080. The topological polar surface area (TPSA) is 102 Å². The van der Waals surface area contributed by atoms with Gasteiger partial charge >= 0.3 is 5.97 Å². The Morgan fingerprint density at radius 3 is 2.52 bits per heavy atom. The molecule has 1 aromatic carbocycles. The molecule has 0 aliphatic carbocycles. The summed E-state index contributed by atoms with van der Waals surface area (Å²) in [6.45, 7) is 8.91. The molecule has 0 fully saturated rings. The zero-order valence-electron chi connectivity index (χ0n) is 19.2. The van der Waals surface area contributed by atoms with Crippen molar-refractivity contribution in [3.63, 3.8) is 0 Å². The van der Waals surface area contributed by atoms with E-state index in [0.717, 1.165) is 24.5 Å². The number of thioether (sulfide) groups is 1. The van der Waals surface area contributed by atoms with Crippen molar-refractivity contribution in [2.24, 2.45) is 0 Å². The van der Waals surface area contributed by atoms with Gasteiger partial charge in [0.05, 0.1) is 25.0 Å². The number of rotatable bonds is 11. The summed E-state index contributed by atoms with van der Waals surface area (Å²) in [7, 11) is 1.33. The van der Waals surface area contributed by atoms with Crippen molar-refractivity contribution in [1.29, 1.82) is 0 Å². The maximum absolute atomic E-state index is 12.4. The van der Waals surface area contributed by atoms with Gasteiger partial charge < -0.3 is 19.5 Å². The van der Waals surface area contributed by atoms with Gasteiger partial charge in [0.2, 0.25) is 5.91 Å². The maximum Gasteiger partial charge on any atom is 0.311 e. The molecule has 0 aliphatic rings. The van der Waals surface area contributed by atoms with Crippen LogP contribution >= 0.6 is 23.1 Å². The zero-order valence-corrected chi connectivity index (χ0v) is 20.8. The number of thiazole rings is 1. The minimum Gasteiger partial charge on any atom is -0.469 e. The van der Waals surface area contributed by atoms with Gasteiger partial charge in [-0.05, 0) is 45.0 Å². The van der Waals surface area contributed by atoms with Crippen LogP contribution in [0.3, 0.4) is 0 Å². The molecule has 9 nitrogen and oxygen atoms in total. The van der Waals surface area contributed by atoms with Gasteiger partial charge in [-0.1, -0.05) is 11.8 Å². The van der Waals surface area contributed by atoms with Gasteiger partial charge in [-0.15, -0.1) is 21.5 Å². The Hall–Kier alpha value is -2.92. The highest BCUT2D eigenvalue weighted by Gasteiger charge is 2.16. The molecule has 1 amide bonds. The highest BCUT2D eigenvalue weighted by molar-refractivity contribution is 7.99. The second-order valence-corrected chi connectivity index (χ2v) is 8.80. The quantitative estimate of drug-likeness (QED) is 0.322. The lowest BCUT2D eigenvalue weighted by atomic mass is 10.2. The monoisotopic (exact) mass is 488 g/mol. The van der Waals surface area contributed by atoms with Crippen LogP contribution in [0.4, 0.5) is 10.8 Å². The summed E-state index contributed by atoms with van der Waals surface area (Å²) in [5.41, 5.74) is 2.73. The Morgan fingerprint density at radius 1 is 1.15 bits per heavy atom. The fourth-order valence-electron chi connectivity index (χ4n) is 3.26. The Labute approximate surface area is 201 Å². The first-order valence-electron chi connectivity index (χ1n) is 10.7. The number of esters is 1. The number of carbonyl (C=O) groups is 2. The molecule has 0 saturated carbocycles. The van der Waals surface area contributed by atoms with Crippen LogP contribution in [0.1, 0.15) is 26.5 Å². The van der Waals surface area contributed by atoms with Gasteiger partial charge in [0.25, 0.3) is 0 Å². The van der Waals surface area contributed by atoms with Crippen LogP contribution < -0.4 is 10.2 Å². The first kappa shape index (κ1) is 24.7. The van der Waals surface area contributed by atoms with Gasteiger partial charge in [-0.2, -0.15) is 0 Å². The third kappa shape index (κ3) is 6.32. The van der Waals surface area contributed by atoms with Crippen LogP contribution in [0.15, 0.2) is 34.8 Å². The number of carbonyl (C=O) groups excluding carboxylic acids is 2. The molecular weight excluding hydrogens is 460 g/mol. The summed E-state index contributed by atoms with van der Waals surface area (Å²) >= 11 is 2.59. The normalized spacial score (nSPS) is 10.8. The third-order valence-corrected chi connectivity index (χ3v) is 6.74. The van der Waals surface area contributed by atoms with Gasteiger partial charge in [0.1, 0.15) is 0 Å². The lowest BCUT2D eigenvalue weighted by Gasteiger charge is -2.21. The summed E-state index contributed by atoms with van der Waals surface area (Å²) in [4.78, 5) is 30.3. The van der Waals surface area contributed by atoms with Crippen molar-refractivity contribution in [2.45, 2.75) is 38.9 Å². The molecule has 1 N–H and O–H groups in total. The Balaban J connectivity index is 1.62. The van der Waals surface area contributed by atoms with Crippen LogP contribution in [-0.2, 0) is 27.3 Å². The summed E-state index contributed by atoms with van der Waals surface area (Å²) < 4.78 is 6.63. The van der Waals surface area contributed by atoms with Gasteiger partial charge in [-0.25, -0.2) is 4.98 Å². The number of anilines is 2. The zero-order chi connectivity index (χ0) is 23.8. The highest BCUT2D eigenvalue weighted by Crippen LogP contribution is 2.26. The number of hydrogen-bond acceptors (Lipinski definition) is 9. The minimum absolute atomic E-state index is 0.0793. The number of nitrogens with one attached hydrogen (secondary N) is 1. The average molecular weight is 489 g/mol. The molecule has 0 atom stereocenters. The molecule has 0 radical (unpaired) electrons. The minimum atomic E-state index is -0.369. The number of hydrogen-bond donors (Lipinski definition) is 1. The Kier molecular flexibility index (Phi) is 8.84. The first-order chi connectivity index (χ1) is 16.0. The molecule has 33 heavy (non-hydrogen) atoms. The van der Waals surface area contributed by atoms with Crippen molar-refractivity contribution in [1.82, 2.24) is 19.7 Å². The van der Waals surface area contributed by atoms with E-state index in [9.17, 15) is 9.59 Å². The number of methoxy groups -OCH3 is 1. The fraction of sp³-hybridized carbons (Fsp3) is 0.409. The molecule has 3 aromatic rings. The Morgan fingerprint density at radius 2 is 1.88 bits per heavy atom. The smallest absolute Gasteiger partial charge is 0.311 e. The van der Waals surface area contributed by atoms with Crippen LogP contribution in [0, 0.1) is 0 Å². The van der Waals surface area contributed by atoms with Crippen LogP contribution in [0.2, 0.25) is 0 Å². The molecule has 3 rings (SSSR count). The first-order valence-corrected chi connectivity index (χ1v) is 12.6. The molecule has 0 bridgehead atoms. The van der Waals surface area contributed by atoms with E-state index in [1.54, 1.807) is 5.38 Å². The van der Waals surface area contributed by atoms with Crippen molar-refractivity contribution in [3.05, 3.63) is 35.3 Å². The highest BCUT2D eigenvalue weighted by atomic mass is 32.2. The molecule has 0 aliphatic heterocycles. The van der Waals surface area contributed by atoms with Crippen LogP contribution in [0.5, 0.6) is 0 Å². The number of benzene rings is 1. The van der Waals surface area contributed by atoms with E-state index in [4.69, 9.17) is 0 Å². The number of aromatic nitrogens is 4. The second-order valence-electron chi connectivity index (χ2n) is 7.00. The summed E-state index contributed by atoms with van der Waals surface area (Å²) in [5, 5.41) is 14.3. The SMILES string of the molecule is CCN(CC)c1ccc(-c2nnc(SCC(=O)Nc3nc(CC(=O)OC)cs3)n2CC)cc1. The lowest BCUT2D eigenvalue weighted by Crippen LogP contribution is -2.21. The fourth-order valence-corrected chi connectivity index (χ4v) is 4.78. The number of ether oxygens (including phenoxy) is 1. The van der Waals surface area contributed by atoms with Crippen LogP contribution in [-0.4, -0.2) is 57.6 Å². The molecule has 0 saturated heterocycles. The lowest BCUT2D eigenvalue weighted by molar-refractivity contribution is -0.139. The van der Waals surface area contributed by atoms with Gasteiger partial charge in [0.15, 0.2) is 16.1 Å². The van der Waals surface area contributed by atoms with Gasteiger partial charge in [0, 0.05) is 36.3 Å². The summed E-state index contributed by atoms with van der Waals surface area (Å²) in [6.07, 6.45) is 0.0793. The average Bonchev–Trinajstić information content (AvgIpc) is 3.45. The third-order valence-electron chi connectivity index (χ3n) is 4.97. The summed E-state index contributed by atoms with van der Waals surface area (Å²) in [5.74, 6) is 0.380. The van der Waals surface area contributed by atoms with E-state index in [1.807, 2.05) is 11.5 Å². The van der Waals surface area contributed by atoms with E-state index in [0.29, 0.717) is 22.5 Å².